The molecule has 0 atom stereocenters. The Labute approximate surface area is 212 Å². The van der Waals surface area contributed by atoms with Crippen LogP contribution in [0.4, 0.5) is 0 Å². The average molecular weight is 463 g/mol. The van der Waals surface area contributed by atoms with E-state index in [4.69, 9.17) is 0 Å². The molecular formula is C35H42. The Balaban J connectivity index is 2.32. The molecule has 5 rings (SSSR count). The summed E-state index contributed by atoms with van der Waals surface area (Å²) in [5.41, 5.74) is 12.2. The quantitative estimate of drug-likeness (QED) is 0.167. The standard InChI is InChI=1S/C35H42/c1-9-21-16-20(8)28-22(10-2)17-25(13-5)31-33-27(15-7)19-24(12-4)29-23(11-3)18-26(14-6)32(35(29)33)30(21)34(28)31/h16-19H,9-15H2,1-8H3. The van der Waals surface area contributed by atoms with Crippen LogP contribution in [-0.2, 0) is 44.9 Å². The highest BCUT2D eigenvalue weighted by Gasteiger charge is 2.25. The van der Waals surface area contributed by atoms with Gasteiger partial charge in [0.05, 0.1) is 0 Å². The van der Waals surface area contributed by atoms with Crippen molar-refractivity contribution >= 4 is 43.1 Å². The number of rotatable bonds is 7. The van der Waals surface area contributed by atoms with Crippen LogP contribution in [0.3, 0.4) is 0 Å². The van der Waals surface area contributed by atoms with Crippen molar-refractivity contribution in [3.05, 3.63) is 68.8 Å². The van der Waals surface area contributed by atoms with Crippen molar-refractivity contribution in [2.24, 2.45) is 0 Å². The van der Waals surface area contributed by atoms with E-state index in [2.05, 4.69) is 79.7 Å². The number of aryl methyl sites for hydroxylation is 8. The fourth-order valence-corrected chi connectivity index (χ4v) is 7.09. The van der Waals surface area contributed by atoms with E-state index in [1.807, 2.05) is 0 Å². The van der Waals surface area contributed by atoms with Crippen molar-refractivity contribution < 1.29 is 0 Å². The molecule has 0 aromatic heterocycles. The monoisotopic (exact) mass is 462 g/mol. The molecule has 0 nitrogen and oxygen atoms in total. The smallest absolute Gasteiger partial charge is 0.00151 e. The molecule has 0 unspecified atom stereocenters. The molecule has 0 spiro atoms. The lowest BCUT2D eigenvalue weighted by Gasteiger charge is -2.27. The number of hydrogen-bond acceptors (Lipinski definition) is 0. The Kier molecular flexibility index (Phi) is 6.28. The Morgan fingerprint density at radius 2 is 0.571 bits per heavy atom. The van der Waals surface area contributed by atoms with Gasteiger partial charge >= 0.3 is 0 Å². The van der Waals surface area contributed by atoms with Crippen LogP contribution in [-0.4, -0.2) is 0 Å². The Morgan fingerprint density at radius 3 is 0.914 bits per heavy atom. The van der Waals surface area contributed by atoms with Crippen LogP contribution in [0.2, 0.25) is 0 Å². The van der Waals surface area contributed by atoms with Crippen molar-refractivity contribution in [2.45, 2.75) is 100 Å². The highest BCUT2D eigenvalue weighted by atomic mass is 14.3. The molecule has 0 saturated heterocycles. The maximum Gasteiger partial charge on any atom is -0.00151 e. The van der Waals surface area contributed by atoms with Crippen molar-refractivity contribution in [1.29, 1.82) is 0 Å². The van der Waals surface area contributed by atoms with E-state index < -0.39 is 0 Å². The molecule has 0 heterocycles. The zero-order valence-electron chi connectivity index (χ0n) is 23.3. The minimum Gasteiger partial charge on any atom is -0.0613 e. The zero-order chi connectivity index (χ0) is 25.0. The molecule has 0 bridgehead atoms. The molecule has 0 aliphatic heterocycles. The van der Waals surface area contributed by atoms with Gasteiger partial charge in [-0.2, -0.15) is 0 Å². The Bertz CT molecular complexity index is 1510. The summed E-state index contributed by atoms with van der Waals surface area (Å²) in [6.07, 6.45) is 7.59. The molecule has 0 aliphatic carbocycles. The van der Waals surface area contributed by atoms with Gasteiger partial charge in [0.2, 0.25) is 0 Å². The first-order valence-electron chi connectivity index (χ1n) is 14.2. The summed E-state index contributed by atoms with van der Waals surface area (Å²) in [6, 6.07) is 10.2. The van der Waals surface area contributed by atoms with Crippen molar-refractivity contribution in [3.63, 3.8) is 0 Å². The number of fused-ring (bicyclic) bond motifs is 2. The van der Waals surface area contributed by atoms with Gasteiger partial charge in [-0.05, 0) is 139 Å². The summed E-state index contributed by atoms with van der Waals surface area (Å²) in [5.74, 6) is 0. The van der Waals surface area contributed by atoms with E-state index in [1.165, 1.54) is 49.9 Å². The van der Waals surface area contributed by atoms with Gasteiger partial charge in [-0.25, -0.2) is 0 Å². The molecule has 182 valence electrons. The van der Waals surface area contributed by atoms with E-state index in [1.54, 1.807) is 37.7 Å². The van der Waals surface area contributed by atoms with E-state index in [-0.39, 0.29) is 0 Å². The van der Waals surface area contributed by atoms with E-state index in [0.29, 0.717) is 0 Å². The predicted octanol–water partition coefficient (Wildman–Crippen LogP) is 9.98. The lowest BCUT2D eigenvalue weighted by atomic mass is 9.77. The van der Waals surface area contributed by atoms with Gasteiger partial charge in [-0.1, -0.05) is 72.7 Å². The van der Waals surface area contributed by atoms with Crippen molar-refractivity contribution in [1.82, 2.24) is 0 Å². The van der Waals surface area contributed by atoms with E-state index in [0.717, 1.165) is 44.9 Å². The fraction of sp³-hybridized carbons (Fsp3) is 0.429. The van der Waals surface area contributed by atoms with Crippen molar-refractivity contribution in [3.8, 4) is 0 Å². The van der Waals surface area contributed by atoms with Gasteiger partial charge in [-0.3, -0.25) is 0 Å². The van der Waals surface area contributed by atoms with Crippen LogP contribution in [0.5, 0.6) is 0 Å². The van der Waals surface area contributed by atoms with E-state index in [9.17, 15) is 0 Å². The molecule has 35 heavy (non-hydrogen) atoms. The first-order chi connectivity index (χ1) is 17.0. The van der Waals surface area contributed by atoms with Crippen LogP contribution < -0.4 is 0 Å². The van der Waals surface area contributed by atoms with Gasteiger partial charge in [0.15, 0.2) is 0 Å². The normalized spacial score (nSPS) is 12.2. The second-order valence-electron chi connectivity index (χ2n) is 10.4. The molecule has 5 aromatic rings. The highest BCUT2D eigenvalue weighted by molar-refractivity contribution is 6.36. The minimum atomic E-state index is 1.08. The first-order valence-corrected chi connectivity index (χ1v) is 14.2. The van der Waals surface area contributed by atoms with Crippen LogP contribution in [0.25, 0.3) is 43.1 Å². The van der Waals surface area contributed by atoms with E-state index >= 15 is 0 Å². The lowest BCUT2D eigenvalue weighted by Crippen LogP contribution is -2.04. The molecule has 0 heteroatoms. The summed E-state index contributed by atoms with van der Waals surface area (Å²) in [4.78, 5) is 0. The second kappa shape index (κ2) is 9.12. The summed E-state index contributed by atoms with van der Waals surface area (Å²) < 4.78 is 0. The van der Waals surface area contributed by atoms with Crippen LogP contribution in [0.15, 0.2) is 24.3 Å². The first kappa shape index (κ1) is 24.1. The Morgan fingerprint density at radius 1 is 0.314 bits per heavy atom. The summed E-state index contributed by atoms with van der Waals surface area (Å²) in [5, 5.41) is 12.4. The molecule has 0 fully saturated rings. The molecule has 0 N–H and O–H groups in total. The summed E-state index contributed by atoms with van der Waals surface area (Å²) in [7, 11) is 0. The largest absolute Gasteiger partial charge is 0.0613 e. The topological polar surface area (TPSA) is 0 Å². The second-order valence-corrected chi connectivity index (χ2v) is 10.4. The third kappa shape index (κ3) is 3.25. The van der Waals surface area contributed by atoms with Gasteiger partial charge < -0.3 is 0 Å². The SMILES string of the molecule is CCc1cc(CC)c2c3c(CC)cc(CC)c4c(CC)cc(CC)c(c5c(CC)cc(C)c1c52)c43. The molecule has 5 aromatic carbocycles. The van der Waals surface area contributed by atoms with Crippen LogP contribution in [0, 0.1) is 6.92 Å². The minimum absolute atomic E-state index is 1.08. The molecular weight excluding hydrogens is 420 g/mol. The van der Waals surface area contributed by atoms with Gasteiger partial charge in [0, 0.05) is 0 Å². The highest BCUT2D eigenvalue weighted by Crippen LogP contribution is 2.49. The predicted molar refractivity (Wildman–Crippen MR) is 158 cm³/mol. The average Bonchev–Trinajstić information content (AvgIpc) is 2.90. The summed E-state index contributed by atoms with van der Waals surface area (Å²) in [6.45, 7) is 18.8. The van der Waals surface area contributed by atoms with Crippen LogP contribution in [0.1, 0.15) is 93.0 Å². The van der Waals surface area contributed by atoms with Gasteiger partial charge in [-0.15, -0.1) is 0 Å². The molecule has 0 saturated carbocycles. The fourth-order valence-electron chi connectivity index (χ4n) is 7.09. The molecule has 0 aliphatic rings. The Hall–Kier alpha value is -2.60. The van der Waals surface area contributed by atoms with Crippen LogP contribution >= 0.6 is 0 Å². The van der Waals surface area contributed by atoms with Gasteiger partial charge in [0.25, 0.3) is 0 Å². The number of benzene rings is 5. The molecule has 0 amide bonds. The maximum absolute atomic E-state index is 2.56. The van der Waals surface area contributed by atoms with Crippen molar-refractivity contribution in [2.75, 3.05) is 0 Å². The summed E-state index contributed by atoms with van der Waals surface area (Å²) >= 11 is 0. The third-order valence-corrected chi connectivity index (χ3v) is 8.74. The number of hydrogen-bond donors (Lipinski definition) is 0. The lowest BCUT2D eigenvalue weighted by molar-refractivity contribution is 1.08. The van der Waals surface area contributed by atoms with Gasteiger partial charge in [0.1, 0.15) is 0 Å². The maximum atomic E-state index is 2.56. The molecule has 0 radical (unpaired) electrons. The third-order valence-electron chi connectivity index (χ3n) is 8.74. The zero-order valence-corrected chi connectivity index (χ0v) is 23.3.